The lowest BCUT2D eigenvalue weighted by molar-refractivity contribution is 0.157. The average molecular weight is 439 g/mol. The van der Waals surface area contributed by atoms with Gasteiger partial charge in [-0.3, -0.25) is 0 Å². The quantitative estimate of drug-likeness (QED) is 0.552. The van der Waals surface area contributed by atoms with Crippen LogP contribution in [0.25, 0.3) is 0 Å². The number of nitrogens with one attached hydrogen (secondary N) is 2. The molecule has 0 bridgehead atoms. The standard InChI is InChI=1S/C24H42N2O3S/c1-9-10-11-14-29-20-13-12-18(22(2,3)4)15-21(20)30(27,28)25-19-16-23(5,6)26-24(7,8)17-19/h12-13,15,19,25-26H,9-11,14,16-17H2,1-8H3. The van der Waals surface area contributed by atoms with Gasteiger partial charge in [0.1, 0.15) is 10.6 Å². The number of unbranched alkanes of at least 4 members (excludes halogenated alkanes) is 2. The van der Waals surface area contributed by atoms with Gasteiger partial charge in [0.25, 0.3) is 0 Å². The number of hydrogen-bond donors (Lipinski definition) is 2. The summed E-state index contributed by atoms with van der Waals surface area (Å²) in [5.41, 5.74) is 0.558. The largest absolute Gasteiger partial charge is 0.492 e. The lowest BCUT2D eigenvalue weighted by Crippen LogP contribution is -2.62. The molecule has 30 heavy (non-hydrogen) atoms. The fourth-order valence-corrected chi connectivity index (χ4v) is 5.93. The highest BCUT2D eigenvalue weighted by Gasteiger charge is 2.39. The summed E-state index contributed by atoms with van der Waals surface area (Å²) in [6.07, 6.45) is 4.56. The lowest BCUT2D eigenvalue weighted by atomic mass is 9.80. The summed E-state index contributed by atoms with van der Waals surface area (Å²) in [6.45, 7) is 17.4. The molecular weight excluding hydrogens is 396 g/mol. The van der Waals surface area contributed by atoms with Crippen LogP contribution in [-0.2, 0) is 15.4 Å². The molecule has 6 heteroatoms. The highest BCUT2D eigenvalue weighted by molar-refractivity contribution is 7.89. The number of ether oxygens (including phenoxy) is 1. The van der Waals surface area contributed by atoms with Crippen molar-refractivity contribution < 1.29 is 13.2 Å². The molecule has 0 atom stereocenters. The summed E-state index contributed by atoms with van der Waals surface area (Å²) >= 11 is 0. The minimum atomic E-state index is -3.72. The molecular formula is C24H42N2O3S. The molecule has 0 radical (unpaired) electrons. The minimum Gasteiger partial charge on any atom is -0.492 e. The summed E-state index contributed by atoms with van der Waals surface area (Å²) in [5.74, 6) is 0.444. The van der Waals surface area contributed by atoms with Gasteiger partial charge in [0.15, 0.2) is 0 Å². The van der Waals surface area contributed by atoms with Crippen LogP contribution in [0.3, 0.4) is 0 Å². The van der Waals surface area contributed by atoms with E-state index < -0.39 is 10.0 Å². The Morgan fingerprint density at radius 1 is 1.10 bits per heavy atom. The highest BCUT2D eigenvalue weighted by Crippen LogP contribution is 2.33. The van der Waals surface area contributed by atoms with Gasteiger partial charge in [-0.2, -0.15) is 0 Å². The van der Waals surface area contributed by atoms with E-state index in [1.165, 1.54) is 0 Å². The Kier molecular flexibility index (Phi) is 7.69. The fourth-order valence-electron chi connectivity index (χ4n) is 4.53. The molecule has 0 spiro atoms. The van der Waals surface area contributed by atoms with Crippen LogP contribution in [0.15, 0.2) is 23.1 Å². The summed E-state index contributed by atoms with van der Waals surface area (Å²) in [7, 11) is -3.72. The van der Waals surface area contributed by atoms with Crippen molar-refractivity contribution in [1.29, 1.82) is 0 Å². The van der Waals surface area contributed by atoms with Crippen LogP contribution in [0.4, 0.5) is 0 Å². The van der Waals surface area contributed by atoms with Crippen LogP contribution in [-0.4, -0.2) is 32.1 Å². The van der Waals surface area contributed by atoms with Crippen molar-refractivity contribution in [3.63, 3.8) is 0 Å². The first-order valence-electron chi connectivity index (χ1n) is 11.2. The summed E-state index contributed by atoms with van der Waals surface area (Å²) in [4.78, 5) is 0.251. The third-order valence-electron chi connectivity index (χ3n) is 5.62. The van der Waals surface area contributed by atoms with E-state index in [0.29, 0.717) is 12.4 Å². The van der Waals surface area contributed by atoms with Gasteiger partial charge < -0.3 is 10.1 Å². The fraction of sp³-hybridized carbons (Fsp3) is 0.750. The van der Waals surface area contributed by atoms with Crippen LogP contribution >= 0.6 is 0 Å². The molecule has 1 saturated heterocycles. The molecule has 2 N–H and O–H groups in total. The van der Waals surface area contributed by atoms with Gasteiger partial charge in [0.2, 0.25) is 10.0 Å². The topological polar surface area (TPSA) is 67.4 Å². The molecule has 1 aliphatic rings. The van der Waals surface area contributed by atoms with E-state index in [2.05, 4.69) is 65.4 Å². The van der Waals surface area contributed by atoms with Gasteiger partial charge in [-0.25, -0.2) is 13.1 Å². The van der Waals surface area contributed by atoms with E-state index in [1.807, 2.05) is 12.1 Å². The number of piperidine rings is 1. The lowest BCUT2D eigenvalue weighted by Gasteiger charge is -2.46. The van der Waals surface area contributed by atoms with E-state index in [-0.39, 0.29) is 27.4 Å². The molecule has 1 fully saturated rings. The van der Waals surface area contributed by atoms with E-state index in [0.717, 1.165) is 37.7 Å². The maximum Gasteiger partial charge on any atom is 0.244 e. The first-order valence-corrected chi connectivity index (χ1v) is 12.7. The smallest absolute Gasteiger partial charge is 0.244 e. The van der Waals surface area contributed by atoms with Crippen molar-refractivity contribution in [3.8, 4) is 5.75 Å². The zero-order valence-electron chi connectivity index (χ0n) is 20.2. The van der Waals surface area contributed by atoms with Crippen molar-refractivity contribution in [2.75, 3.05) is 6.61 Å². The first-order chi connectivity index (χ1) is 13.7. The number of benzene rings is 1. The van der Waals surface area contributed by atoms with Gasteiger partial charge in [0, 0.05) is 17.1 Å². The second-order valence-corrected chi connectivity index (χ2v) is 12.8. The van der Waals surface area contributed by atoms with Gasteiger partial charge in [-0.1, -0.05) is 46.6 Å². The van der Waals surface area contributed by atoms with Crippen molar-refractivity contribution in [3.05, 3.63) is 23.8 Å². The highest BCUT2D eigenvalue weighted by atomic mass is 32.2. The van der Waals surface area contributed by atoms with Crippen molar-refractivity contribution in [2.24, 2.45) is 0 Å². The molecule has 2 rings (SSSR count). The summed E-state index contributed by atoms with van der Waals surface area (Å²) < 4.78 is 35.9. The van der Waals surface area contributed by atoms with Crippen LogP contribution in [0.5, 0.6) is 5.75 Å². The maximum absolute atomic E-state index is 13.5. The Bertz CT molecular complexity index is 807. The zero-order chi connectivity index (χ0) is 22.8. The van der Waals surface area contributed by atoms with Crippen LogP contribution in [0, 0.1) is 0 Å². The van der Waals surface area contributed by atoms with Gasteiger partial charge >= 0.3 is 0 Å². The van der Waals surface area contributed by atoms with Crippen LogP contribution in [0.2, 0.25) is 0 Å². The minimum absolute atomic E-state index is 0.132. The average Bonchev–Trinajstić information content (AvgIpc) is 2.54. The second-order valence-electron chi connectivity index (χ2n) is 11.1. The predicted molar refractivity (Wildman–Crippen MR) is 125 cm³/mol. The first kappa shape index (κ1) is 25.2. The third-order valence-corrected chi connectivity index (χ3v) is 7.16. The normalized spacial score (nSPS) is 19.6. The number of rotatable bonds is 8. The van der Waals surface area contributed by atoms with Crippen LogP contribution in [0.1, 0.15) is 93.1 Å². The second kappa shape index (κ2) is 9.17. The predicted octanol–water partition coefficient (Wildman–Crippen LogP) is 5.14. The number of sulfonamides is 1. The Morgan fingerprint density at radius 3 is 2.23 bits per heavy atom. The molecule has 0 aliphatic carbocycles. The van der Waals surface area contributed by atoms with Gasteiger partial charge in [-0.05, 0) is 70.1 Å². The Morgan fingerprint density at radius 2 is 1.70 bits per heavy atom. The van der Waals surface area contributed by atoms with Gasteiger partial charge in [-0.15, -0.1) is 0 Å². The van der Waals surface area contributed by atoms with E-state index in [1.54, 1.807) is 6.07 Å². The molecule has 0 saturated carbocycles. The number of hydrogen-bond acceptors (Lipinski definition) is 4. The molecule has 0 amide bonds. The molecule has 0 unspecified atom stereocenters. The van der Waals surface area contributed by atoms with Crippen molar-refractivity contribution in [2.45, 2.75) is 115 Å². The Hall–Kier alpha value is -1.11. The van der Waals surface area contributed by atoms with E-state index >= 15 is 0 Å². The Labute approximate surface area is 184 Å². The monoisotopic (exact) mass is 438 g/mol. The van der Waals surface area contributed by atoms with Crippen molar-refractivity contribution >= 4 is 10.0 Å². The van der Waals surface area contributed by atoms with E-state index in [4.69, 9.17) is 4.74 Å². The SMILES string of the molecule is CCCCCOc1ccc(C(C)(C)C)cc1S(=O)(=O)NC1CC(C)(C)NC(C)(C)C1. The van der Waals surface area contributed by atoms with Crippen LogP contribution < -0.4 is 14.8 Å². The molecule has 0 aromatic heterocycles. The van der Waals surface area contributed by atoms with Crippen molar-refractivity contribution in [1.82, 2.24) is 10.0 Å². The third kappa shape index (κ3) is 6.96. The molecule has 1 aliphatic heterocycles. The molecule has 1 aromatic rings. The summed E-state index contributed by atoms with van der Waals surface area (Å²) in [5, 5.41) is 3.61. The van der Waals surface area contributed by atoms with Gasteiger partial charge in [0.05, 0.1) is 6.61 Å². The van der Waals surface area contributed by atoms with E-state index in [9.17, 15) is 8.42 Å². The molecule has 5 nitrogen and oxygen atoms in total. The maximum atomic E-state index is 13.5. The zero-order valence-corrected chi connectivity index (χ0v) is 21.0. The molecule has 172 valence electrons. The Balaban J connectivity index is 2.35. The molecule has 1 aromatic carbocycles. The summed E-state index contributed by atoms with van der Waals surface area (Å²) in [6, 6.07) is 5.45. The molecule has 1 heterocycles.